The SMILES string of the molecule is Cc1cc(C(C)N2Cc3c(ccnc3NC(=O)CC3CC3)C2=O)cnc1OCCC(F)(F)F. The number of fused-ring (bicyclic) bond motifs is 1. The number of pyridine rings is 2. The van der Waals surface area contributed by atoms with Crippen LogP contribution in [0.4, 0.5) is 19.0 Å². The third-order valence-corrected chi connectivity index (χ3v) is 5.93. The number of carbonyl (C=O) groups excluding carboxylic acids is 2. The molecule has 33 heavy (non-hydrogen) atoms. The molecule has 2 amide bonds. The monoisotopic (exact) mass is 462 g/mol. The van der Waals surface area contributed by atoms with Gasteiger partial charge in [0.1, 0.15) is 5.82 Å². The van der Waals surface area contributed by atoms with E-state index in [9.17, 15) is 22.8 Å². The highest BCUT2D eigenvalue weighted by Crippen LogP contribution is 2.36. The second-order valence-electron chi connectivity index (χ2n) is 8.59. The van der Waals surface area contributed by atoms with Crippen molar-refractivity contribution in [1.29, 1.82) is 0 Å². The molecule has 1 saturated carbocycles. The van der Waals surface area contributed by atoms with Crippen molar-refractivity contribution in [2.45, 2.75) is 58.3 Å². The Kier molecular flexibility index (Phi) is 6.27. The van der Waals surface area contributed by atoms with Crippen molar-refractivity contribution in [3.8, 4) is 5.88 Å². The molecule has 4 rings (SSSR count). The van der Waals surface area contributed by atoms with E-state index in [4.69, 9.17) is 4.74 Å². The molecule has 1 fully saturated rings. The molecule has 10 heteroatoms. The lowest BCUT2D eigenvalue weighted by atomic mass is 10.1. The van der Waals surface area contributed by atoms with E-state index in [1.54, 1.807) is 24.0 Å². The standard InChI is InChI=1S/C23H25F3N4O3/c1-13-9-16(11-28-21(13)33-8-6-23(24,25)26)14(2)30-12-18-17(22(30)32)5-7-27-20(18)29-19(31)10-15-3-4-15/h5,7,9,11,14-15H,3-4,6,8,10,12H2,1-2H3,(H,27,29,31). The van der Waals surface area contributed by atoms with Crippen molar-refractivity contribution >= 4 is 17.6 Å². The third kappa shape index (κ3) is 5.43. The van der Waals surface area contributed by atoms with Crippen LogP contribution in [0.2, 0.25) is 0 Å². The van der Waals surface area contributed by atoms with E-state index in [1.165, 1.54) is 12.4 Å². The van der Waals surface area contributed by atoms with E-state index in [-0.39, 0.29) is 30.3 Å². The normalized spacial score (nSPS) is 16.5. The van der Waals surface area contributed by atoms with Crippen LogP contribution in [-0.4, -0.2) is 39.5 Å². The van der Waals surface area contributed by atoms with Crippen LogP contribution >= 0.6 is 0 Å². The van der Waals surface area contributed by atoms with Crippen molar-refractivity contribution in [2.24, 2.45) is 5.92 Å². The second-order valence-corrected chi connectivity index (χ2v) is 8.59. The summed E-state index contributed by atoms with van der Waals surface area (Å²) in [5.41, 5.74) is 2.48. The van der Waals surface area contributed by atoms with Gasteiger partial charge in [0, 0.05) is 35.5 Å². The maximum atomic E-state index is 13.1. The molecular formula is C23H25F3N4O3. The fraction of sp³-hybridized carbons (Fsp3) is 0.478. The number of hydrogen-bond donors (Lipinski definition) is 1. The predicted molar refractivity (Wildman–Crippen MR) is 114 cm³/mol. The number of anilines is 1. The summed E-state index contributed by atoms with van der Waals surface area (Å²) in [6, 6.07) is 3.05. The smallest absolute Gasteiger partial charge is 0.392 e. The van der Waals surface area contributed by atoms with Gasteiger partial charge in [-0.3, -0.25) is 9.59 Å². The van der Waals surface area contributed by atoms with Crippen molar-refractivity contribution in [1.82, 2.24) is 14.9 Å². The van der Waals surface area contributed by atoms with Gasteiger partial charge in [-0.2, -0.15) is 13.2 Å². The van der Waals surface area contributed by atoms with Gasteiger partial charge >= 0.3 is 6.18 Å². The minimum absolute atomic E-state index is 0.0988. The van der Waals surface area contributed by atoms with Gasteiger partial charge in [-0.1, -0.05) is 0 Å². The Balaban J connectivity index is 1.45. The summed E-state index contributed by atoms with van der Waals surface area (Å²) < 4.78 is 42.2. The maximum Gasteiger partial charge on any atom is 0.392 e. The van der Waals surface area contributed by atoms with Crippen molar-refractivity contribution in [2.75, 3.05) is 11.9 Å². The summed E-state index contributed by atoms with van der Waals surface area (Å²) in [6.45, 7) is 3.33. The number of rotatable bonds is 8. The Morgan fingerprint density at radius 1 is 1.33 bits per heavy atom. The first kappa shape index (κ1) is 23.0. The Hall–Kier alpha value is -3.17. The average molecular weight is 462 g/mol. The maximum absolute atomic E-state index is 13.1. The number of ether oxygens (including phenoxy) is 1. The van der Waals surface area contributed by atoms with E-state index in [0.717, 1.165) is 18.4 Å². The van der Waals surface area contributed by atoms with Gasteiger partial charge in [-0.05, 0) is 50.3 Å². The summed E-state index contributed by atoms with van der Waals surface area (Å²) in [5, 5.41) is 2.84. The third-order valence-electron chi connectivity index (χ3n) is 5.93. The topological polar surface area (TPSA) is 84.4 Å². The average Bonchev–Trinajstić information content (AvgIpc) is 3.49. The van der Waals surface area contributed by atoms with E-state index in [2.05, 4.69) is 15.3 Å². The predicted octanol–water partition coefficient (Wildman–Crippen LogP) is 4.57. The van der Waals surface area contributed by atoms with Crippen molar-refractivity contribution in [3.05, 3.63) is 46.8 Å². The number of aryl methyl sites for hydroxylation is 1. The molecule has 2 aliphatic rings. The molecule has 0 spiro atoms. The highest BCUT2D eigenvalue weighted by molar-refractivity contribution is 6.01. The first-order chi connectivity index (χ1) is 15.6. The number of aromatic nitrogens is 2. The van der Waals surface area contributed by atoms with Gasteiger partial charge in [0.05, 0.1) is 25.6 Å². The van der Waals surface area contributed by atoms with E-state index < -0.39 is 19.2 Å². The summed E-state index contributed by atoms with van der Waals surface area (Å²) >= 11 is 0. The number of alkyl halides is 3. The summed E-state index contributed by atoms with van der Waals surface area (Å²) in [5.74, 6) is 0.704. The van der Waals surface area contributed by atoms with Gasteiger partial charge < -0.3 is 15.0 Å². The molecular weight excluding hydrogens is 437 g/mol. The van der Waals surface area contributed by atoms with Gasteiger partial charge in [-0.15, -0.1) is 0 Å². The largest absolute Gasteiger partial charge is 0.477 e. The highest BCUT2D eigenvalue weighted by Gasteiger charge is 2.34. The van der Waals surface area contributed by atoms with E-state index >= 15 is 0 Å². The van der Waals surface area contributed by atoms with Crippen LogP contribution in [0.15, 0.2) is 24.5 Å². The summed E-state index contributed by atoms with van der Waals surface area (Å²) in [4.78, 5) is 35.4. The van der Waals surface area contributed by atoms with E-state index in [0.29, 0.717) is 34.8 Å². The van der Waals surface area contributed by atoms with Crippen molar-refractivity contribution < 1.29 is 27.5 Å². The molecule has 1 atom stereocenters. The molecule has 1 aliphatic carbocycles. The van der Waals surface area contributed by atoms with Crippen LogP contribution < -0.4 is 10.1 Å². The molecule has 7 nitrogen and oxygen atoms in total. The van der Waals surface area contributed by atoms with Gasteiger partial charge in [0.15, 0.2) is 0 Å². The first-order valence-electron chi connectivity index (χ1n) is 10.9. The van der Waals surface area contributed by atoms with Crippen molar-refractivity contribution in [3.63, 3.8) is 0 Å². The lowest BCUT2D eigenvalue weighted by Crippen LogP contribution is -2.27. The van der Waals surface area contributed by atoms with Crippen LogP contribution in [0.25, 0.3) is 0 Å². The van der Waals surface area contributed by atoms with Crippen LogP contribution in [0.3, 0.4) is 0 Å². The zero-order chi connectivity index (χ0) is 23.8. The zero-order valence-corrected chi connectivity index (χ0v) is 18.4. The minimum Gasteiger partial charge on any atom is -0.477 e. The number of amides is 2. The molecule has 1 aliphatic heterocycles. The molecule has 2 aromatic rings. The van der Waals surface area contributed by atoms with Crippen LogP contribution in [0.1, 0.15) is 65.7 Å². The Bertz CT molecular complexity index is 1070. The van der Waals surface area contributed by atoms with Gasteiger partial charge in [-0.25, -0.2) is 9.97 Å². The molecule has 0 saturated heterocycles. The number of hydrogen-bond acceptors (Lipinski definition) is 5. The molecule has 0 aromatic carbocycles. The lowest BCUT2D eigenvalue weighted by Gasteiger charge is -2.25. The molecule has 3 heterocycles. The van der Waals surface area contributed by atoms with Crippen LogP contribution in [0.5, 0.6) is 5.88 Å². The van der Waals surface area contributed by atoms with Gasteiger partial charge in [0.2, 0.25) is 11.8 Å². The van der Waals surface area contributed by atoms with Crippen LogP contribution in [0, 0.1) is 12.8 Å². The zero-order valence-electron chi connectivity index (χ0n) is 18.4. The molecule has 0 bridgehead atoms. The number of nitrogens with one attached hydrogen (secondary N) is 1. The second kappa shape index (κ2) is 8.99. The number of nitrogens with zero attached hydrogens (tertiary/aromatic N) is 3. The Labute approximate surface area is 189 Å². The summed E-state index contributed by atoms with van der Waals surface area (Å²) in [6.07, 6.45) is 0.263. The number of halogens is 3. The Morgan fingerprint density at radius 3 is 2.76 bits per heavy atom. The Morgan fingerprint density at radius 2 is 2.09 bits per heavy atom. The quantitative estimate of drug-likeness (QED) is 0.621. The van der Waals surface area contributed by atoms with Crippen LogP contribution in [-0.2, 0) is 11.3 Å². The minimum atomic E-state index is -4.29. The molecule has 0 radical (unpaired) electrons. The molecule has 2 aromatic heterocycles. The first-order valence-corrected chi connectivity index (χ1v) is 10.9. The van der Waals surface area contributed by atoms with Gasteiger partial charge in [0.25, 0.3) is 5.91 Å². The molecule has 1 unspecified atom stereocenters. The fourth-order valence-electron chi connectivity index (χ4n) is 3.84. The molecule has 1 N–H and O–H groups in total. The number of carbonyl (C=O) groups is 2. The lowest BCUT2D eigenvalue weighted by molar-refractivity contribution is -0.139. The highest BCUT2D eigenvalue weighted by atomic mass is 19.4. The summed E-state index contributed by atoms with van der Waals surface area (Å²) in [7, 11) is 0. The molecule has 176 valence electrons. The fourth-order valence-corrected chi connectivity index (χ4v) is 3.84. The van der Waals surface area contributed by atoms with E-state index in [1.807, 2.05) is 6.92 Å².